The molecule has 6 heteroatoms. The van der Waals surface area contributed by atoms with E-state index in [-0.39, 0.29) is 12.0 Å². The normalized spacial score (nSPS) is 12.4. The number of hydrogen-bond acceptors (Lipinski definition) is 4. The SMILES string of the molecule is CCOC(=O)c1ccc(-n2ccc3cc(C(C(CC)CC)n4cncn4)ccc32)cc1. The van der Waals surface area contributed by atoms with Crippen molar-refractivity contribution < 1.29 is 9.53 Å². The summed E-state index contributed by atoms with van der Waals surface area (Å²) >= 11 is 0. The number of aromatic nitrogens is 4. The summed E-state index contributed by atoms with van der Waals surface area (Å²) in [4.78, 5) is 16.1. The highest BCUT2D eigenvalue weighted by Crippen LogP contribution is 2.33. The fraction of sp³-hybridized carbons (Fsp3) is 0.320. The minimum atomic E-state index is -0.295. The molecule has 0 aliphatic heterocycles. The molecule has 0 amide bonds. The molecule has 0 N–H and O–H groups in total. The van der Waals surface area contributed by atoms with E-state index >= 15 is 0 Å². The third-order valence-corrected chi connectivity index (χ3v) is 5.93. The fourth-order valence-corrected chi connectivity index (χ4v) is 4.28. The van der Waals surface area contributed by atoms with Crippen LogP contribution in [0.1, 0.15) is 55.6 Å². The van der Waals surface area contributed by atoms with E-state index in [1.807, 2.05) is 30.1 Å². The number of fused-ring (bicyclic) bond motifs is 1. The van der Waals surface area contributed by atoms with Gasteiger partial charge in [0, 0.05) is 17.3 Å². The van der Waals surface area contributed by atoms with Crippen molar-refractivity contribution in [2.45, 2.75) is 39.7 Å². The smallest absolute Gasteiger partial charge is 0.338 e. The predicted molar refractivity (Wildman–Crippen MR) is 121 cm³/mol. The van der Waals surface area contributed by atoms with E-state index in [1.165, 1.54) is 10.9 Å². The standard InChI is InChI=1S/C25H28N4O2/c1-4-18(5-2)24(29-17-26-16-27-29)21-9-12-23-20(15-21)13-14-28(23)22-10-7-19(8-11-22)25(30)31-6-3/h7-18,24H,4-6H2,1-3H3. The van der Waals surface area contributed by atoms with E-state index in [9.17, 15) is 4.79 Å². The van der Waals surface area contributed by atoms with E-state index in [2.05, 4.69) is 59.0 Å². The lowest BCUT2D eigenvalue weighted by atomic mass is 9.88. The molecular formula is C25H28N4O2. The first-order chi connectivity index (χ1) is 15.2. The first-order valence-electron chi connectivity index (χ1n) is 10.9. The molecule has 4 aromatic rings. The molecule has 6 nitrogen and oxygen atoms in total. The van der Waals surface area contributed by atoms with E-state index in [0.29, 0.717) is 18.1 Å². The summed E-state index contributed by atoms with van der Waals surface area (Å²) in [5, 5.41) is 5.61. The quantitative estimate of drug-likeness (QED) is 0.360. The topological polar surface area (TPSA) is 61.9 Å². The zero-order valence-electron chi connectivity index (χ0n) is 18.2. The van der Waals surface area contributed by atoms with Gasteiger partial charge in [0.05, 0.1) is 23.7 Å². The Bertz CT molecular complexity index is 1140. The van der Waals surface area contributed by atoms with Crippen LogP contribution in [-0.4, -0.2) is 31.9 Å². The van der Waals surface area contributed by atoms with Crippen molar-refractivity contribution in [3.05, 3.63) is 78.5 Å². The van der Waals surface area contributed by atoms with Crippen LogP contribution in [-0.2, 0) is 4.74 Å². The van der Waals surface area contributed by atoms with Crippen molar-refractivity contribution in [2.24, 2.45) is 5.92 Å². The number of esters is 1. The molecule has 0 saturated heterocycles. The lowest BCUT2D eigenvalue weighted by Crippen LogP contribution is -2.20. The van der Waals surface area contributed by atoms with Crippen molar-refractivity contribution in [3.63, 3.8) is 0 Å². The third-order valence-electron chi connectivity index (χ3n) is 5.93. The molecule has 4 rings (SSSR count). The van der Waals surface area contributed by atoms with Crippen LogP contribution in [0.3, 0.4) is 0 Å². The average molecular weight is 417 g/mol. The maximum atomic E-state index is 11.9. The fourth-order valence-electron chi connectivity index (χ4n) is 4.28. The average Bonchev–Trinajstić information content (AvgIpc) is 3.47. The van der Waals surface area contributed by atoms with Crippen molar-refractivity contribution in [3.8, 4) is 5.69 Å². The van der Waals surface area contributed by atoms with Crippen molar-refractivity contribution in [1.82, 2.24) is 19.3 Å². The van der Waals surface area contributed by atoms with E-state index in [4.69, 9.17) is 4.74 Å². The summed E-state index contributed by atoms with van der Waals surface area (Å²) in [6.07, 6.45) is 7.63. The first-order valence-corrected chi connectivity index (χ1v) is 10.9. The molecule has 1 unspecified atom stereocenters. The van der Waals surface area contributed by atoms with Crippen LogP contribution in [0.15, 0.2) is 67.4 Å². The monoisotopic (exact) mass is 416 g/mol. The minimum absolute atomic E-state index is 0.161. The Hall–Kier alpha value is -3.41. The van der Waals surface area contributed by atoms with Gasteiger partial charge in [-0.3, -0.25) is 0 Å². The van der Waals surface area contributed by atoms with Crippen LogP contribution in [0.2, 0.25) is 0 Å². The van der Waals surface area contributed by atoms with Gasteiger partial charge in [-0.25, -0.2) is 14.5 Å². The van der Waals surface area contributed by atoms with E-state index in [0.717, 1.165) is 24.0 Å². The summed E-state index contributed by atoms with van der Waals surface area (Å²) < 4.78 is 9.19. The summed E-state index contributed by atoms with van der Waals surface area (Å²) in [7, 11) is 0. The Balaban J connectivity index is 1.68. The van der Waals surface area contributed by atoms with Crippen LogP contribution in [0.25, 0.3) is 16.6 Å². The second-order valence-electron chi connectivity index (χ2n) is 7.67. The maximum Gasteiger partial charge on any atom is 0.338 e. The number of carbonyl (C=O) groups is 1. The minimum Gasteiger partial charge on any atom is -0.462 e. The molecule has 0 saturated carbocycles. The van der Waals surface area contributed by atoms with Gasteiger partial charge in [-0.1, -0.05) is 32.8 Å². The molecule has 0 radical (unpaired) electrons. The summed E-state index contributed by atoms with van der Waals surface area (Å²) in [6.45, 7) is 6.64. The molecule has 0 bridgehead atoms. The largest absolute Gasteiger partial charge is 0.462 e. The molecule has 0 spiro atoms. The molecule has 0 fully saturated rings. The number of ether oxygens (including phenoxy) is 1. The summed E-state index contributed by atoms with van der Waals surface area (Å²) in [6, 6.07) is 16.4. The van der Waals surface area contributed by atoms with E-state index < -0.39 is 0 Å². The predicted octanol–water partition coefficient (Wildman–Crippen LogP) is 5.42. The Morgan fingerprint density at radius 2 is 1.81 bits per heavy atom. The zero-order chi connectivity index (χ0) is 21.8. The van der Waals surface area contributed by atoms with Crippen LogP contribution < -0.4 is 0 Å². The van der Waals surface area contributed by atoms with Gasteiger partial charge in [-0.05, 0) is 60.9 Å². The number of rotatable bonds is 8. The lowest BCUT2D eigenvalue weighted by molar-refractivity contribution is 0.0526. The summed E-state index contributed by atoms with van der Waals surface area (Å²) in [5.41, 5.74) is 3.92. The third kappa shape index (κ3) is 4.10. The van der Waals surface area contributed by atoms with Crippen LogP contribution in [0.5, 0.6) is 0 Å². The highest BCUT2D eigenvalue weighted by atomic mass is 16.5. The Kier molecular flexibility index (Phi) is 6.16. The van der Waals surface area contributed by atoms with Crippen LogP contribution in [0, 0.1) is 5.92 Å². The van der Waals surface area contributed by atoms with Gasteiger partial charge in [0.25, 0.3) is 0 Å². The molecule has 1 atom stereocenters. The Morgan fingerprint density at radius 3 is 2.45 bits per heavy atom. The van der Waals surface area contributed by atoms with Gasteiger partial charge >= 0.3 is 5.97 Å². The molecular weight excluding hydrogens is 388 g/mol. The Labute approximate surface area is 182 Å². The van der Waals surface area contributed by atoms with E-state index in [1.54, 1.807) is 18.5 Å². The highest BCUT2D eigenvalue weighted by Gasteiger charge is 2.23. The molecule has 2 aromatic carbocycles. The summed E-state index contributed by atoms with van der Waals surface area (Å²) in [5.74, 6) is 0.188. The number of benzene rings is 2. The van der Waals surface area contributed by atoms with Gasteiger partial charge in [0.1, 0.15) is 12.7 Å². The highest BCUT2D eigenvalue weighted by molar-refractivity contribution is 5.90. The molecule has 2 aromatic heterocycles. The molecule has 0 aliphatic rings. The zero-order valence-corrected chi connectivity index (χ0v) is 18.2. The molecule has 31 heavy (non-hydrogen) atoms. The van der Waals surface area contributed by atoms with Gasteiger partial charge in [0.2, 0.25) is 0 Å². The number of nitrogens with zero attached hydrogens (tertiary/aromatic N) is 4. The van der Waals surface area contributed by atoms with Crippen LogP contribution >= 0.6 is 0 Å². The molecule has 0 aliphatic carbocycles. The number of hydrogen-bond donors (Lipinski definition) is 0. The lowest BCUT2D eigenvalue weighted by Gasteiger charge is -2.26. The molecule has 2 heterocycles. The van der Waals surface area contributed by atoms with Crippen molar-refractivity contribution in [1.29, 1.82) is 0 Å². The van der Waals surface area contributed by atoms with Crippen LogP contribution in [0.4, 0.5) is 0 Å². The second kappa shape index (κ2) is 9.16. The van der Waals surface area contributed by atoms with Gasteiger partial charge in [-0.2, -0.15) is 5.10 Å². The van der Waals surface area contributed by atoms with Gasteiger partial charge in [0.15, 0.2) is 0 Å². The molecule has 160 valence electrons. The van der Waals surface area contributed by atoms with Crippen molar-refractivity contribution >= 4 is 16.9 Å². The van der Waals surface area contributed by atoms with Crippen molar-refractivity contribution in [2.75, 3.05) is 6.61 Å². The Morgan fingerprint density at radius 1 is 1.03 bits per heavy atom. The van der Waals surface area contributed by atoms with Gasteiger partial charge in [-0.15, -0.1) is 0 Å². The maximum absolute atomic E-state index is 11.9. The number of carbonyl (C=O) groups excluding carboxylic acids is 1. The first kappa shape index (κ1) is 20.8. The second-order valence-corrected chi connectivity index (χ2v) is 7.67. The van der Waals surface area contributed by atoms with Gasteiger partial charge < -0.3 is 9.30 Å².